The number of rotatable bonds is 4. The Bertz CT molecular complexity index is 801. The van der Waals surface area contributed by atoms with Crippen LogP contribution in [-0.4, -0.2) is 17.6 Å². The second-order valence-electron chi connectivity index (χ2n) is 7.21. The molecule has 1 aliphatic carbocycles. The lowest BCUT2D eigenvalue weighted by Crippen LogP contribution is -2.27. The van der Waals surface area contributed by atoms with E-state index in [9.17, 15) is 9.59 Å². The summed E-state index contributed by atoms with van der Waals surface area (Å²) in [5.74, 6) is 0.902. The first kappa shape index (κ1) is 18.1. The first-order valence-electron chi connectivity index (χ1n) is 9.62. The molecule has 4 rings (SSSR count). The van der Waals surface area contributed by atoms with Gasteiger partial charge in [0.1, 0.15) is 5.37 Å². The number of para-hydroxylation sites is 1. The largest absolute Gasteiger partial charge is 0.326 e. The normalized spacial score (nSPS) is 20.7. The van der Waals surface area contributed by atoms with Gasteiger partial charge >= 0.3 is 0 Å². The van der Waals surface area contributed by atoms with Crippen LogP contribution in [0.1, 0.15) is 43.0 Å². The third-order valence-electron chi connectivity index (χ3n) is 5.34. The smallest absolute Gasteiger partial charge is 0.238 e. The molecule has 0 aromatic heterocycles. The SMILES string of the molecule is O=C(Nc1ccc([C@@H]2SCC(=O)N2c2ccccc2)cc1)C1CCCCC1. The van der Waals surface area contributed by atoms with E-state index in [2.05, 4.69) is 5.32 Å². The van der Waals surface area contributed by atoms with Gasteiger partial charge in [0.05, 0.1) is 5.75 Å². The molecule has 1 atom stereocenters. The molecule has 2 amide bonds. The number of hydrogen-bond donors (Lipinski definition) is 1. The van der Waals surface area contributed by atoms with Crippen molar-refractivity contribution in [3.8, 4) is 0 Å². The maximum Gasteiger partial charge on any atom is 0.238 e. The van der Waals surface area contributed by atoms with E-state index >= 15 is 0 Å². The maximum absolute atomic E-state index is 12.4. The van der Waals surface area contributed by atoms with Crippen LogP contribution >= 0.6 is 11.8 Å². The molecule has 2 aromatic carbocycles. The van der Waals surface area contributed by atoms with E-state index in [0.717, 1.165) is 42.6 Å². The van der Waals surface area contributed by atoms with Crippen LogP contribution in [0.5, 0.6) is 0 Å². The molecule has 1 saturated carbocycles. The molecule has 1 saturated heterocycles. The van der Waals surface area contributed by atoms with Gasteiger partial charge in [0, 0.05) is 17.3 Å². The first-order valence-corrected chi connectivity index (χ1v) is 10.7. The average Bonchev–Trinajstić information content (AvgIpc) is 3.11. The topological polar surface area (TPSA) is 49.4 Å². The molecule has 0 bridgehead atoms. The summed E-state index contributed by atoms with van der Waals surface area (Å²) >= 11 is 1.64. The van der Waals surface area contributed by atoms with Crippen molar-refractivity contribution in [2.24, 2.45) is 5.92 Å². The van der Waals surface area contributed by atoms with Crippen LogP contribution in [0.15, 0.2) is 54.6 Å². The number of nitrogens with zero attached hydrogens (tertiary/aromatic N) is 1. The molecule has 27 heavy (non-hydrogen) atoms. The highest BCUT2D eigenvalue weighted by molar-refractivity contribution is 8.00. The van der Waals surface area contributed by atoms with Crippen LogP contribution < -0.4 is 10.2 Å². The summed E-state index contributed by atoms with van der Waals surface area (Å²) in [6.07, 6.45) is 5.54. The summed E-state index contributed by atoms with van der Waals surface area (Å²) in [5.41, 5.74) is 2.83. The molecule has 0 spiro atoms. The van der Waals surface area contributed by atoms with E-state index in [0.29, 0.717) is 5.75 Å². The summed E-state index contributed by atoms with van der Waals surface area (Å²) in [7, 11) is 0. The minimum absolute atomic E-state index is 0.0250. The number of nitrogens with one attached hydrogen (secondary N) is 1. The quantitative estimate of drug-likeness (QED) is 0.813. The van der Waals surface area contributed by atoms with Crippen molar-refractivity contribution < 1.29 is 9.59 Å². The van der Waals surface area contributed by atoms with Crippen molar-refractivity contribution in [1.29, 1.82) is 0 Å². The standard InChI is InChI=1S/C22H24N2O2S/c25-20-15-27-22(24(20)19-9-5-2-6-10-19)17-11-13-18(14-12-17)23-21(26)16-7-3-1-4-8-16/h2,5-6,9-14,16,22H,1,3-4,7-8,15H2,(H,23,26)/t22-/m0/s1. The molecular weight excluding hydrogens is 356 g/mol. The summed E-state index contributed by atoms with van der Waals surface area (Å²) in [6, 6.07) is 17.7. The highest BCUT2D eigenvalue weighted by atomic mass is 32.2. The van der Waals surface area contributed by atoms with Crippen molar-refractivity contribution in [3.05, 3.63) is 60.2 Å². The molecule has 4 nitrogen and oxygen atoms in total. The van der Waals surface area contributed by atoms with E-state index in [1.807, 2.05) is 59.5 Å². The molecule has 2 aliphatic rings. The van der Waals surface area contributed by atoms with Gasteiger partial charge in [0.2, 0.25) is 11.8 Å². The second kappa shape index (κ2) is 8.17. The lowest BCUT2D eigenvalue weighted by molar-refractivity contribution is -0.120. The fraction of sp³-hybridized carbons (Fsp3) is 0.364. The number of thioether (sulfide) groups is 1. The summed E-state index contributed by atoms with van der Waals surface area (Å²) in [4.78, 5) is 26.7. The van der Waals surface area contributed by atoms with Crippen molar-refractivity contribution in [2.45, 2.75) is 37.5 Å². The molecule has 0 unspecified atom stereocenters. The zero-order chi connectivity index (χ0) is 18.6. The van der Waals surface area contributed by atoms with Crippen LogP contribution in [-0.2, 0) is 9.59 Å². The maximum atomic E-state index is 12.4. The monoisotopic (exact) mass is 380 g/mol. The van der Waals surface area contributed by atoms with Crippen molar-refractivity contribution in [1.82, 2.24) is 0 Å². The fourth-order valence-corrected chi connectivity index (χ4v) is 5.06. The zero-order valence-electron chi connectivity index (χ0n) is 15.3. The molecule has 5 heteroatoms. The third kappa shape index (κ3) is 4.03. The van der Waals surface area contributed by atoms with E-state index < -0.39 is 0 Å². The Morgan fingerprint density at radius 2 is 1.67 bits per heavy atom. The summed E-state index contributed by atoms with van der Waals surface area (Å²) in [6.45, 7) is 0. The second-order valence-corrected chi connectivity index (χ2v) is 8.28. The van der Waals surface area contributed by atoms with Gasteiger partial charge in [-0.25, -0.2) is 0 Å². The number of benzene rings is 2. The van der Waals surface area contributed by atoms with Crippen LogP contribution in [0.4, 0.5) is 11.4 Å². The van der Waals surface area contributed by atoms with E-state index in [-0.39, 0.29) is 23.1 Å². The molecular formula is C22H24N2O2S. The fourth-order valence-electron chi connectivity index (χ4n) is 3.88. The molecule has 1 aliphatic heterocycles. The Kier molecular flexibility index (Phi) is 5.48. The summed E-state index contributed by atoms with van der Waals surface area (Å²) in [5, 5.41) is 3.03. The van der Waals surface area contributed by atoms with Crippen molar-refractivity contribution in [2.75, 3.05) is 16.0 Å². The molecule has 0 radical (unpaired) electrons. The van der Waals surface area contributed by atoms with Crippen LogP contribution in [0.25, 0.3) is 0 Å². The van der Waals surface area contributed by atoms with E-state index in [1.54, 1.807) is 11.8 Å². The van der Waals surface area contributed by atoms with E-state index in [4.69, 9.17) is 0 Å². The molecule has 1 N–H and O–H groups in total. The minimum atomic E-state index is -0.0250. The van der Waals surface area contributed by atoms with Gasteiger partial charge in [-0.2, -0.15) is 0 Å². The Hall–Kier alpha value is -2.27. The number of carbonyl (C=O) groups excluding carboxylic acids is 2. The Balaban J connectivity index is 1.46. The van der Waals surface area contributed by atoms with Crippen molar-refractivity contribution >= 4 is 35.0 Å². The predicted molar refractivity (Wildman–Crippen MR) is 111 cm³/mol. The minimum Gasteiger partial charge on any atom is -0.326 e. The Labute approximate surface area is 164 Å². The molecule has 1 heterocycles. The highest BCUT2D eigenvalue weighted by Gasteiger charge is 2.33. The van der Waals surface area contributed by atoms with Crippen LogP contribution in [0.3, 0.4) is 0 Å². The van der Waals surface area contributed by atoms with Crippen molar-refractivity contribution in [3.63, 3.8) is 0 Å². The average molecular weight is 381 g/mol. The van der Waals surface area contributed by atoms with Gasteiger partial charge in [-0.15, -0.1) is 11.8 Å². The lowest BCUT2D eigenvalue weighted by Gasteiger charge is -2.24. The number of anilines is 2. The lowest BCUT2D eigenvalue weighted by atomic mass is 9.88. The Morgan fingerprint density at radius 1 is 0.963 bits per heavy atom. The highest BCUT2D eigenvalue weighted by Crippen LogP contribution is 2.41. The van der Waals surface area contributed by atoms with E-state index in [1.165, 1.54) is 6.42 Å². The van der Waals surface area contributed by atoms with Crippen LogP contribution in [0.2, 0.25) is 0 Å². The van der Waals surface area contributed by atoms with Gasteiger partial charge in [-0.05, 0) is 42.7 Å². The van der Waals surface area contributed by atoms with Gasteiger partial charge in [0.15, 0.2) is 0 Å². The number of carbonyl (C=O) groups is 2. The molecule has 140 valence electrons. The summed E-state index contributed by atoms with van der Waals surface area (Å²) < 4.78 is 0. The first-order chi connectivity index (χ1) is 13.2. The van der Waals surface area contributed by atoms with Gasteiger partial charge in [-0.1, -0.05) is 49.6 Å². The molecule has 2 fully saturated rings. The molecule has 2 aromatic rings. The van der Waals surface area contributed by atoms with Gasteiger partial charge in [-0.3, -0.25) is 14.5 Å². The van der Waals surface area contributed by atoms with Gasteiger partial charge < -0.3 is 5.32 Å². The number of amides is 2. The van der Waals surface area contributed by atoms with Gasteiger partial charge in [0.25, 0.3) is 0 Å². The zero-order valence-corrected chi connectivity index (χ0v) is 16.1. The number of hydrogen-bond acceptors (Lipinski definition) is 3. The predicted octanol–water partition coefficient (Wildman–Crippen LogP) is 4.98. The van der Waals surface area contributed by atoms with Crippen LogP contribution in [0, 0.1) is 5.92 Å². The Morgan fingerprint density at radius 3 is 2.37 bits per heavy atom. The third-order valence-corrected chi connectivity index (χ3v) is 6.55.